The summed E-state index contributed by atoms with van der Waals surface area (Å²) in [5.74, 6) is 0. The third kappa shape index (κ3) is 4.08. The van der Waals surface area contributed by atoms with Crippen molar-refractivity contribution in [2.75, 3.05) is 13.6 Å². The molecule has 2 rings (SSSR count). The molecule has 0 saturated heterocycles. The molecule has 0 aromatic heterocycles. The van der Waals surface area contributed by atoms with E-state index in [9.17, 15) is 0 Å². The van der Waals surface area contributed by atoms with E-state index >= 15 is 0 Å². The molecule has 1 aliphatic carbocycles. The SMILES string of the molecule is CNCC(OC1CCCCC1)c1ccc(Br)cc1. The van der Waals surface area contributed by atoms with Gasteiger partial charge in [0.2, 0.25) is 0 Å². The molecule has 18 heavy (non-hydrogen) atoms. The Morgan fingerprint density at radius 1 is 1.22 bits per heavy atom. The van der Waals surface area contributed by atoms with Gasteiger partial charge < -0.3 is 10.1 Å². The topological polar surface area (TPSA) is 21.3 Å². The highest BCUT2D eigenvalue weighted by Gasteiger charge is 2.20. The fraction of sp³-hybridized carbons (Fsp3) is 0.600. The Morgan fingerprint density at radius 2 is 1.89 bits per heavy atom. The van der Waals surface area contributed by atoms with E-state index in [1.807, 2.05) is 7.05 Å². The van der Waals surface area contributed by atoms with Crippen LogP contribution in [-0.2, 0) is 4.74 Å². The molecule has 1 unspecified atom stereocenters. The van der Waals surface area contributed by atoms with E-state index in [0.717, 1.165) is 11.0 Å². The van der Waals surface area contributed by atoms with Gasteiger partial charge in [0.05, 0.1) is 12.2 Å². The van der Waals surface area contributed by atoms with Crippen molar-refractivity contribution in [3.63, 3.8) is 0 Å². The van der Waals surface area contributed by atoms with Crippen molar-refractivity contribution >= 4 is 15.9 Å². The Labute approximate surface area is 118 Å². The van der Waals surface area contributed by atoms with Gasteiger partial charge in [-0.1, -0.05) is 47.3 Å². The Bertz CT molecular complexity index is 346. The van der Waals surface area contributed by atoms with Crippen LogP contribution in [0.4, 0.5) is 0 Å². The van der Waals surface area contributed by atoms with Crippen LogP contribution in [0.3, 0.4) is 0 Å². The number of rotatable bonds is 5. The summed E-state index contributed by atoms with van der Waals surface area (Å²) in [5, 5.41) is 3.23. The monoisotopic (exact) mass is 311 g/mol. The highest BCUT2D eigenvalue weighted by molar-refractivity contribution is 9.10. The maximum Gasteiger partial charge on any atom is 0.0952 e. The molecule has 0 amide bonds. The van der Waals surface area contributed by atoms with Gasteiger partial charge in [0.1, 0.15) is 0 Å². The first-order valence-electron chi connectivity index (χ1n) is 6.85. The number of ether oxygens (including phenoxy) is 1. The van der Waals surface area contributed by atoms with Gasteiger partial charge in [-0.3, -0.25) is 0 Å². The quantitative estimate of drug-likeness (QED) is 0.885. The standard InChI is InChI=1S/C15H22BrNO/c1-17-11-15(12-7-9-13(16)10-8-12)18-14-5-3-2-4-6-14/h7-10,14-15,17H,2-6,11H2,1H3. The molecule has 0 spiro atoms. The van der Waals surface area contributed by atoms with Crippen molar-refractivity contribution in [1.82, 2.24) is 5.32 Å². The summed E-state index contributed by atoms with van der Waals surface area (Å²) in [5.41, 5.74) is 1.26. The van der Waals surface area contributed by atoms with Crippen LogP contribution in [-0.4, -0.2) is 19.7 Å². The second-order valence-electron chi connectivity index (χ2n) is 4.99. The van der Waals surface area contributed by atoms with E-state index in [0.29, 0.717) is 6.10 Å². The van der Waals surface area contributed by atoms with Crippen LogP contribution in [0.15, 0.2) is 28.7 Å². The normalized spacial score (nSPS) is 18.8. The van der Waals surface area contributed by atoms with Gasteiger partial charge in [-0.25, -0.2) is 0 Å². The summed E-state index contributed by atoms with van der Waals surface area (Å²) in [4.78, 5) is 0. The van der Waals surface area contributed by atoms with Gasteiger partial charge in [0, 0.05) is 11.0 Å². The molecule has 100 valence electrons. The van der Waals surface area contributed by atoms with Crippen LogP contribution in [0, 0.1) is 0 Å². The van der Waals surface area contributed by atoms with Crippen molar-refractivity contribution < 1.29 is 4.74 Å². The smallest absolute Gasteiger partial charge is 0.0952 e. The molecule has 1 fully saturated rings. The van der Waals surface area contributed by atoms with E-state index < -0.39 is 0 Å². The largest absolute Gasteiger partial charge is 0.369 e. The maximum atomic E-state index is 6.28. The Hall–Kier alpha value is -0.380. The zero-order chi connectivity index (χ0) is 12.8. The molecule has 1 aromatic rings. The van der Waals surface area contributed by atoms with Crippen molar-refractivity contribution in [3.8, 4) is 0 Å². The molecule has 1 atom stereocenters. The molecule has 0 radical (unpaired) electrons. The fourth-order valence-electron chi connectivity index (χ4n) is 2.54. The highest BCUT2D eigenvalue weighted by Crippen LogP contribution is 2.27. The van der Waals surface area contributed by atoms with Crippen molar-refractivity contribution in [3.05, 3.63) is 34.3 Å². The molecule has 1 saturated carbocycles. The molecule has 1 N–H and O–H groups in total. The third-order valence-corrected chi connectivity index (χ3v) is 4.07. The predicted molar refractivity (Wildman–Crippen MR) is 78.8 cm³/mol. The minimum atomic E-state index is 0.172. The van der Waals surface area contributed by atoms with Crippen LogP contribution in [0.2, 0.25) is 0 Å². The average molecular weight is 312 g/mol. The van der Waals surface area contributed by atoms with Gasteiger partial charge in [-0.15, -0.1) is 0 Å². The first-order chi connectivity index (χ1) is 8.79. The second kappa shape index (κ2) is 7.27. The van der Waals surface area contributed by atoms with E-state index in [2.05, 4.69) is 45.5 Å². The summed E-state index contributed by atoms with van der Waals surface area (Å²) in [7, 11) is 1.98. The van der Waals surface area contributed by atoms with Crippen molar-refractivity contribution in [1.29, 1.82) is 0 Å². The number of hydrogen-bond donors (Lipinski definition) is 1. The van der Waals surface area contributed by atoms with E-state index in [1.165, 1.54) is 37.7 Å². The lowest BCUT2D eigenvalue weighted by Gasteiger charge is -2.28. The summed E-state index contributed by atoms with van der Waals surface area (Å²) in [6.45, 7) is 0.873. The van der Waals surface area contributed by atoms with Gasteiger partial charge >= 0.3 is 0 Å². The lowest BCUT2D eigenvalue weighted by atomic mass is 9.97. The molecule has 0 aliphatic heterocycles. The number of halogens is 1. The number of hydrogen-bond acceptors (Lipinski definition) is 2. The summed E-state index contributed by atoms with van der Waals surface area (Å²) < 4.78 is 7.40. The lowest BCUT2D eigenvalue weighted by molar-refractivity contribution is -0.0298. The number of likely N-dealkylation sites (N-methyl/N-ethyl adjacent to an activating group) is 1. The Kier molecular flexibility index (Phi) is 5.67. The third-order valence-electron chi connectivity index (χ3n) is 3.54. The van der Waals surface area contributed by atoms with Crippen LogP contribution in [0.1, 0.15) is 43.8 Å². The molecule has 0 heterocycles. The lowest BCUT2D eigenvalue weighted by Crippen LogP contribution is -2.26. The van der Waals surface area contributed by atoms with Crippen molar-refractivity contribution in [2.45, 2.75) is 44.3 Å². The van der Waals surface area contributed by atoms with Gasteiger partial charge in [-0.2, -0.15) is 0 Å². The maximum absolute atomic E-state index is 6.28. The highest BCUT2D eigenvalue weighted by atomic mass is 79.9. The first kappa shape index (κ1) is 14.0. The number of benzene rings is 1. The number of nitrogens with one attached hydrogen (secondary N) is 1. The summed E-state index contributed by atoms with van der Waals surface area (Å²) in [6.07, 6.45) is 7.06. The van der Waals surface area contributed by atoms with Gasteiger partial charge in [-0.05, 0) is 37.6 Å². The van der Waals surface area contributed by atoms with E-state index in [4.69, 9.17) is 4.74 Å². The van der Waals surface area contributed by atoms with Crippen LogP contribution >= 0.6 is 15.9 Å². The van der Waals surface area contributed by atoms with E-state index in [-0.39, 0.29) is 6.10 Å². The predicted octanol–water partition coefficient (Wildman–Crippen LogP) is 4.06. The zero-order valence-electron chi connectivity index (χ0n) is 11.0. The minimum absolute atomic E-state index is 0.172. The van der Waals surface area contributed by atoms with Crippen LogP contribution in [0.25, 0.3) is 0 Å². The summed E-state index contributed by atoms with van der Waals surface area (Å²) >= 11 is 3.48. The first-order valence-corrected chi connectivity index (χ1v) is 7.64. The average Bonchev–Trinajstić information content (AvgIpc) is 2.40. The molecule has 3 heteroatoms. The Balaban J connectivity index is 2.00. The fourth-order valence-corrected chi connectivity index (χ4v) is 2.81. The Morgan fingerprint density at radius 3 is 2.50 bits per heavy atom. The summed E-state index contributed by atoms with van der Waals surface area (Å²) in [6, 6.07) is 8.47. The molecule has 1 aromatic carbocycles. The molecule has 0 bridgehead atoms. The second-order valence-corrected chi connectivity index (χ2v) is 5.91. The van der Waals surface area contributed by atoms with Crippen LogP contribution in [0.5, 0.6) is 0 Å². The molecular formula is C15H22BrNO. The molecule has 2 nitrogen and oxygen atoms in total. The van der Waals surface area contributed by atoms with Gasteiger partial charge in [0.25, 0.3) is 0 Å². The van der Waals surface area contributed by atoms with E-state index in [1.54, 1.807) is 0 Å². The molecule has 1 aliphatic rings. The molecular weight excluding hydrogens is 290 g/mol. The van der Waals surface area contributed by atoms with Crippen molar-refractivity contribution in [2.24, 2.45) is 0 Å². The van der Waals surface area contributed by atoms with Crippen LogP contribution < -0.4 is 5.32 Å². The van der Waals surface area contributed by atoms with Gasteiger partial charge in [0.15, 0.2) is 0 Å². The zero-order valence-corrected chi connectivity index (χ0v) is 12.6. The minimum Gasteiger partial charge on any atom is -0.369 e.